The third-order valence-corrected chi connectivity index (χ3v) is 3.51. The first kappa shape index (κ1) is 17.7. The van der Waals surface area contributed by atoms with Crippen LogP contribution in [0.2, 0.25) is 0 Å². The molecule has 1 aromatic rings. The van der Waals surface area contributed by atoms with Gasteiger partial charge < -0.3 is 20.5 Å². The Kier molecular flexibility index (Phi) is 7.49. The highest BCUT2D eigenvalue weighted by Gasteiger charge is 2.20. The molecule has 1 rings (SSSR count). The number of aliphatic hydroxyl groups excluding tert-OH is 1. The number of nitrogens with two attached hydrogens (primary N) is 1. The minimum Gasteiger partial charge on any atom is -0.395 e. The molecule has 3 N–H and O–H groups in total. The van der Waals surface area contributed by atoms with Gasteiger partial charge in [-0.1, -0.05) is 26.1 Å². The molecule has 21 heavy (non-hydrogen) atoms. The van der Waals surface area contributed by atoms with Crippen molar-refractivity contribution in [3.8, 4) is 0 Å². The molecule has 0 saturated carbocycles. The van der Waals surface area contributed by atoms with Crippen molar-refractivity contribution in [2.45, 2.75) is 26.7 Å². The lowest BCUT2D eigenvalue weighted by atomic mass is 10.0. The molecule has 0 saturated heterocycles. The zero-order valence-corrected chi connectivity index (χ0v) is 13.7. The number of aromatic nitrogens is 2. The molecule has 0 aliphatic heterocycles. The summed E-state index contributed by atoms with van der Waals surface area (Å²) in [5.41, 5.74) is 8.64. The zero-order valence-electron chi connectivity index (χ0n) is 12.9. The monoisotopic (exact) mass is 312 g/mol. The van der Waals surface area contributed by atoms with E-state index < -0.39 is 0 Å². The van der Waals surface area contributed by atoms with Crippen molar-refractivity contribution in [2.75, 3.05) is 38.3 Å². The van der Waals surface area contributed by atoms with E-state index in [0.717, 1.165) is 29.7 Å². The Morgan fingerprint density at radius 1 is 1.29 bits per heavy atom. The number of hydrogen-bond acceptors (Lipinski definition) is 6. The molecule has 1 aromatic heterocycles. The van der Waals surface area contributed by atoms with E-state index in [-0.39, 0.29) is 6.61 Å². The average molecular weight is 312 g/mol. The highest BCUT2D eigenvalue weighted by Crippen LogP contribution is 2.24. The van der Waals surface area contributed by atoms with Crippen LogP contribution in [0.5, 0.6) is 0 Å². The number of rotatable bonds is 9. The van der Waals surface area contributed by atoms with Gasteiger partial charge in [-0.3, -0.25) is 0 Å². The van der Waals surface area contributed by atoms with Gasteiger partial charge in [-0.15, -0.1) is 5.10 Å². The Morgan fingerprint density at radius 3 is 2.48 bits per heavy atom. The first-order chi connectivity index (χ1) is 10.1. The van der Waals surface area contributed by atoms with Gasteiger partial charge in [0.2, 0.25) is 0 Å². The Labute approximate surface area is 131 Å². The van der Waals surface area contributed by atoms with Crippen molar-refractivity contribution < 1.29 is 9.84 Å². The fourth-order valence-electron chi connectivity index (χ4n) is 2.29. The summed E-state index contributed by atoms with van der Waals surface area (Å²) >= 11 is 5.22. The van der Waals surface area contributed by atoms with Crippen LogP contribution in [-0.4, -0.2) is 53.7 Å². The van der Waals surface area contributed by atoms with Crippen LogP contribution in [0.4, 0.5) is 5.82 Å². The van der Waals surface area contributed by atoms with E-state index in [4.69, 9.17) is 22.7 Å². The first-order valence-corrected chi connectivity index (χ1v) is 7.54. The molecule has 0 spiro atoms. The molecule has 0 unspecified atom stereocenters. The quantitative estimate of drug-likeness (QED) is 0.649. The van der Waals surface area contributed by atoms with Gasteiger partial charge in [0.15, 0.2) is 5.82 Å². The van der Waals surface area contributed by atoms with Crippen molar-refractivity contribution in [3.05, 3.63) is 16.8 Å². The molecule has 1 heterocycles. The second-order valence-electron chi connectivity index (χ2n) is 4.60. The Bertz CT molecular complexity index is 482. The molecule has 0 aliphatic carbocycles. The van der Waals surface area contributed by atoms with Gasteiger partial charge in [-0.05, 0) is 18.4 Å². The number of thiocarbonyl (C=S) groups is 1. The lowest BCUT2D eigenvalue weighted by Gasteiger charge is -2.26. The smallest absolute Gasteiger partial charge is 0.161 e. The highest BCUT2D eigenvalue weighted by atomic mass is 32.1. The first-order valence-electron chi connectivity index (χ1n) is 7.13. The molecule has 118 valence electrons. The number of nitrogens with zero attached hydrogens (tertiary/aromatic N) is 3. The van der Waals surface area contributed by atoms with E-state index >= 15 is 0 Å². The summed E-state index contributed by atoms with van der Waals surface area (Å²) in [7, 11) is 1.63. The van der Waals surface area contributed by atoms with Gasteiger partial charge in [0.05, 0.1) is 24.5 Å². The molecule has 0 bridgehead atoms. The summed E-state index contributed by atoms with van der Waals surface area (Å²) in [6, 6.07) is 0. The molecule has 0 radical (unpaired) electrons. The van der Waals surface area contributed by atoms with Crippen LogP contribution in [-0.2, 0) is 17.6 Å². The number of ether oxygens (including phenoxy) is 1. The van der Waals surface area contributed by atoms with Gasteiger partial charge in [0, 0.05) is 20.2 Å². The molecule has 0 aromatic carbocycles. The minimum atomic E-state index is 0.0131. The Morgan fingerprint density at radius 2 is 2.00 bits per heavy atom. The summed E-state index contributed by atoms with van der Waals surface area (Å²) in [6.45, 7) is 5.64. The fraction of sp³-hybridized carbons (Fsp3) is 0.643. The minimum absolute atomic E-state index is 0.0131. The van der Waals surface area contributed by atoms with Crippen LogP contribution in [0.3, 0.4) is 0 Å². The molecule has 6 nitrogen and oxygen atoms in total. The maximum atomic E-state index is 9.26. The van der Waals surface area contributed by atoms with Gasteiger partial charge in [0.1, 0.15) is 4.99 Å². The summed E-state index contributed by atoms with van der Waals surface area (Å²) in [5.74, 6) is 0.627. The molecule has 0 aliphatic rings. The number of aliphatic hydroxyl groups is 1. The third-order valence-electron chi connectivity index (χ3n) is 3.31. The number of methoxy groups -OCH3 is 1. The molecular formula is C14H24N4O2S. The molecule has 0 amide bonds. The predicted octanol–water partition coefficient (Wildman–Crippen LogP) is 0.681. The fourth-order valence-corrected chi connectivity index (χ4v) is 2.50. The molecular weight excluding hydrogens is 288 g/mol. The van der Waals surface area contributed by atoms with Gasteiger partial charge in [-0.25, -0.2) is 0 Å². The Balaban J connectivity index is 3.34. The van der Waals surface area contributed by atoms with Gasteiger partial charge in [0.25, 0.3) is 0 Å². The van der Waals surface area contributed by atoms with Crippen LogP contribution in [0.1, 0.15) is 30.7 Å². The lowest BCUT2D eigenvalue weighted by Crippen LogP contribution is -2.34. The number of aryl methyl sites for hydroxylation is 1. The largest absolute Gasteiger partial charge is 0.395 e. The van der Waals surface area contributed by atoms with E-state index in [1.807, 2.05) is 18.7 Å². The molecule has 0 atom stereocenters. The van der Waals surface area contributed by atoms with Crippen LogP contribution in [0, 0.1) is 0 Å². The highest BCUT2D eigenvalue weighted by molar-refractivity contribution is 7.80. The normalized spacial score (nSPS) is 10.7. The van der Waals surface area contributed by atoms with E-state index in [1.165, 1.54) is 0 Å². The number of anilines is 1. The van der Waals surface area contributed by atoms with Crippen LogP contribution in [0.25, 0.3) is 0 Å². The predicted molar refractivity (Wildman–Crippen MR) is 87.9 cm³/mol. The molecule has 0 fully saturated rings. The van der Waals surface area contributed by atoms with E-state index in [9.17, 15) is 5.11 Å². The second-order valence-corrected chi connectivity index (χ2v) is 5.04. The molecule has 7 heteroatoms. The average Bonchev–Trinajstić information content (AvgIpc) is 2.49. The van der Waals surface area contributed by atoms with Crippen LogP contribution < -0.4 is 10.6 Å². The summed E-state index contributed by atoms with van der Waals surface area (Å²) < 4.78 is 5.11. The van der Waals surface area contributed by atoms with Crippen molar-refractivity contribution in [2.24, 2.45) is 5.73 Å². The topological polar surface area (TPSA) is 84.5 Å². The van der Waals surface area contributed by atoms with E-state index in [2.05, 4.69) is 10.2 Å². The zero-order chi connectivity index (χ0) is 15.8. The third kappa shape index (κ3) is 4.33. The van der Waals surface area contributed by atoms with E-state index in [1.54, 1.807) is 7.11 Å². The summed E-state index contributed by atoms with van der Waals surface area (Å²) in [4.78, 5) is 2.22. The second kappa shape index (κ2) is 8.86. The van der Waals surface area contributed by atoms with E-state index in [0.29, 0.717) is 30.5 Å². The summed E-state index contributed by atoms with van der Waals surface area (Å²) in [6.07, 6.45) is 1.57. The SMILES string of the molecule is CCc1nnc(N(CCO)CCOC)c(C(N)=S)c1CC. The van der Waals surface area contributed by atoms with Crippen molar-refractivity contribution >= 4 is 23.0 Å². The van der Waals surface area contributed by atoms with Gasteiger partial charge in [-0.2, -0.15) is 5.10 Å². The standard InChI is InChI=1S/C14H24N4O2S/c1-4-10-11(5-2)16-17-14(12(10)13(15)21)18(6-8-19)7-9-20-3/h19H,4-9H2,1-3H3,(H2,15,21). The van der Waals surface area contributed by atoms with Crippen molar-refractivity contribution in [3.63, 3.8) is 0 Å². The van der Waals surface area contributed by atoms with Crippen molar-refractivity contribution in [1.82, 2.24) is 10.2 Å². The summed E-state index contributed by atoms with van der Waals surface area (Å²) in [5, 5.41) is 17.8. The maximum absolute atomic E-state index is 9.26. The van der Waals surface area contributed by atoms with Crippen LogP contribution >= 0.6 is 12.2 Å². The van der Waals surface area contributed by atoms with Gasteiger partial charge >= 0.3 is 0 Å². The van der Waals surface area contributed by atoms with Crippen LogP contribution in [0.15, 0.2) is 0 Å². The Hall–Kier alpha value is -1.31. The number of hydrogen-bond donors (Lipinski definition) is 2. The van der Waals surface area contributed by atoms with Crippen molar-refractivity contribution in [1.29, 1.82) is 0 Å². The maximum Gasteiger partial charge on any atom is 0.161 e. The lowest BCUT2D eigenvalue weighted by molar-refractivity contribution is 0.202.